The highest BCUT2D eigenvalue weighted by atomic mass is 16.3. The largest absolute Gasteiger partial charge is 0.483 e. The van der Waals surface area contributed by atoms with Gasteiger partial charge in [-0.25, -0.2) is 0 Å². The summed E-state index contributed by atoms with van der Waals surface area (Å²) < 4.78 is 0. The van der Waals surface area contributed by atoms with Gasteiger partial charge in [0.05, 0.1) is 6.54 Å². The molecule has 0 aromatic carbocycles. The van der Waals surface area contributed by atoms with Crippen molar-refractivity contribution in [3.05, 3.63) is 48.3 Å². The van der Waals surface area contributed by atoms with E-state index in [4.69, 9.17) is 9.90 Å². The first-order chi connectivity index (χ1) is 12.6. The molecule has 1 heterocycles. The Hall–Kier alpha value is -2.69. The molecule has 0 spiro atoms. The van der Waals surface area contributed by atoms with Crippen LogP contribution in [-0.4, -0.2) is 22.5 Å². The van der Waals surface area contributed by atoms with Crippen molar-refractivity contribution in [2.24, 2.45) is 11.8 Å². The maximum atomic E-state index is 13.1. The van der Waals surface area contributed by atoms with Crippen LogP contribution in [0.3, 0.4) is 0 Å². The number of anilines is 1. The molecule has 0 bridgehead atoms. The van der Waals surface area contributed by atoms with E-state index in [1.165, 1.54) is 24.0 Å². The normalized spacial score (nSPS) is 19.7. The van der Waals surface area contributed by atoms with Crippen molar-refractivity contribution in [2.75, 3.05) is 4.90 Å². The van der Waals surface area contributed by atoms with Gasteiger partial charge in [0.2, 0.25) is 5.91 Å². The fourth-order valence-electron chi connectivity index (χ4n) is 3.59. The van der Waals surface area contributed by atoms with Gasteiger partial charge in [0, 0.05) is 24.0 Å². The standard InChI is InChI=1S/C20H22N2O.CH2O2/c1-14-2-4-16(5-3-14)20(23)22(13-15-6-8-21-9-7-15)19-11-17-10-18(17)12-19;2-1-3/h6-12,14,16H,2-5,13H2,1H3;1H,(H,2,3). The number of hydrogen-bond acceptors (Lipinski definition) is 3. The Morgan fingerprint density at radius 1 is 1.15 bits per heavy atom. The van der Waals surface area contributed by atoms with Crippen LogP contribution in [-0.2, 0) is 16.1 Å². The van der Waals surface area contributed by atoms with E-state index < -0.39 is 0 Å². The average molecular weight is 352 g/mol. The van der Waals surface area contributed by atoms with E-state index in [0.717, 1.165) is 30.0 Å². The van der Waals surface area contributed by atoms with Gasteiger partial charge < -0.3 is 10.0 Å². The van der Waals surface area contributed by atoms with Crippen molar-refractivity contribution in [1.29, 1.82) is 0 Å². The molecule has 4 rings (SSSR count). The second-order valence-electron chi connectivity index (χ2n) is 7.11. The van der Waals surface area contributed by atoms with E-state index in [0.29, 0.717) is 12.5 Å². The summed E-state index contributed by atoms with van der Waals surface area (Å²) in [7, 11) is 0. The van der Waals surface area contributed by atoms with E-state index in [1.807, 2.05) is 17.0 Å². The molecule has 136 valence electrons. The molecule has 3 aliphatic rings. The molecule has 0 aliphatic heterocycles. The van der Waals surface area contributed by atoms with E-state index >= 15 is 0 Å². The van der Waals surface area contributed by atoms with E-state index in [9.17, 15) is 4.79 Å². The highest BCUT2D eigenvalue weighted by Gasteiger charge is 2.30. The topological polar surface area (TPSA) is 70.5 Å². The van der Waals surface area contributed by atoms with Crippen LogP contribution in [0.15, 0.2) is 42.7 Å². The zero-order valence-corrected chi connectivity index (χ0v) is 15.0. The van der Waals surface area contributed by atoms with Gasteiger partial charge in [0.25, 0.3) is 6.47 Å². The number of carboxylic acid groups (broad SMARTS) is 1. The molecule has 0 radical (unpaired) electrons. The van der Waals surface area contributed by atoms with E-state index in [-0.39, 0.29) is 12.4 Å². The fourth-order valence-corrected chi connectivity index (χ4v) is 3.59. The Balaban J connectivity index is 0.000000613. The van der Waals surface area contributed by atoms with Gasteiger partial charge >= 0.3 is 0 Å². The summed E-state index contributed by atoms with van der Waals surface area (Å²) in [6.45, 7) is 2.68. The van der Waals surface area contributed by atoms with Gasteiger partial charge in [-0.05, 0) is 78.6 Å². The molecule has 1 aromatic heterocycles. The van der Waals surface area contributed by atoms with Crippen molar-refractivity contribution < 1.29 is 14.7 Å². The summed E-state index contributed by atoms with van der Waals surface area (Å²) in [6.07, 6.45) is 7.98. The summed E-state index contributed by atoms with van der Waals surface area (Å²) in [4.78, 5) is 27.6. The van der Waals surface area contributed by atoms with Gasteiger partial charge in [-0.1, -0.05) is 6.92 Å². The van der Waals surface area contributed by atoms with E-state index in [1.54, 1.807) is 12.4 Å². The number of benzene rings is 1. The number of rotatable bonds is 4. The van der Waals surface area contributed by atoms with Crippen molar-refractivity contribution >= 4 is 18.1 Å². The summed E-state index contributed by atoms with van der Waals surface area (Å²) in [6, 6.07) is 10.4. The molecule has 0 atom stereocenters. The minimum Gasteiger partial charge on any atom is -0.483 e. The molecule has 5 nitrogen and oxygen atoms in total. The third-order valence-electron chi connectivity index (χ3n) is 5.20. The van der Waals surface area contributed by atoms with Crippen LogP contribution in [0.2, 0.25) is 0 Å². The van der Waals surface area contributed by atoms with E-state index in [2.05, 4.69) is 30.1 Å². The van der Waals surface area contributed by atoms with Crippen LogP contribution in [0.1, 0.15) is 38.2 Å². The van der Waals surface area contributed by atoms with Crippen LogP contribution in [0.25, 0.3) is 11.1 Å². The third-order valence-corrected chi connectivity index (χ3v) is 5.20. The van der Waals surface area contributed by atoms with Crippen molar-refractivity contribution in [3.8, 4) is 11.1 Å². The summed E-state index contributed by atoms with van der Waals surface area (Å²) in [5, 5.41) is 6.89. The molecule has 1 amide bonds. The summed E-state index contributed by atoms with van der Waals surface area (Å²) >= 11 is 0. The fraction of sp³-hybridized carbons (Fsp3) is 0.381. The minimum absolute atomic E-state index is 0.179. The number of hydrogen-bond donors (Lipinski definition) is 1. The monoisotopic (exact) mass is 352 g/mol. The van der Waals surface area contributed by atoms with Gasteiger partial charge in [0.15, 0.2) is 0 Å². The predicted molar refractivity (Wildman–Crippen MR) is 101 cm³/mol. The second-order valence-corrected chi connectivity index (χ2v) is 7.11. The molecule has 1 saturated carbocycles. The minimum atomic E-state index is -0.250. The first kappa shape index (κ1) is 18.1. The number of nitrogens with zero attached hydrogens (tertiary/aromatic N) is 2. The lowest BCUT2D eigenvalue weighted by molar-refractivity contribution is -0.124. The Bertz CT molecular complexity index is 748. The van der Waals surface area contributed by atoms with Crippen molar-refractivity contribution in [3.63, 3.8) is 0 Å². The lowest BCUT2D eigenvalue weighted by atomic mass is 9.82. The number of carbonyl (C=O) groups is 2. The zero-order chi connectivity index (χ0) is 18.5. The van der Waals surface area contributed by atoms with Crippen LogP contribution in [0.5, 0.6) is 0 Å². The first-order valence-corrected chi connectivity index (χ1v) is 9.06. The number of carbonyl (C=O) groups excluding carboxylic acids is 1. The van der Waals surface area contributed by atoms with Gasteiger partial charge in [-0.15, -0.1) is 0 Å². The molecular formula is C21H24N2O3. The van der Waals surface area contributed by atoms with Crippen LogP contribution >= 0.6 is 0 Å². The molecular weight excluding hydrogens is 328 g/mol. The molecule has 5 heteroatoms. The highest BCUT2D eigenvalue weighted by molar-refractivity contribution is 5.99. The Kier molecular flexibility index (Phi) is 5.66. The predicted octanol–water partition coefficient (Wildman–Crippen LogP) is 4.12. The molecule has 26 heavy (non-hydrogen) atoms. The maximum Gasteiger partial charge on any atom is 0.290 e. The first-order valence-electron chi connectivity index (χ1n) is 9.06. The SMILES string of the molecule is CC1CCC(C(=O)N(Cc2ccncc2)c2cc3cc-3c2)CC1.O=CO. The Morgan fingerprint density at radius 2 is 1.73 bits per heavy atom. The third kappa shape index (κ3) is 4.28. The van der Waals surface area contributed by atoms with Crippen molar-refractivity contribution in [1.82, 2.24) is 4.98 Å². The van der Waals surface area contributed by atoms with Gasteiger partial charge in [-0.3, -0.25) is 14.6 Å². The lowest BCUT2D eigenvalue weighted by Crippen LogP contribution is -2.37. The van der Waals surface area contributed by atoms with Crippen LogP contribution in [0, 0.1) is 11.8 Å². The smallest absolute Gasteiger partial charge is 0.290 e. The maximum absolute atomic E-state index is 13.1. The molecule has 3 aliphatic carbocycles. The summed E-state index contributed by atoms with van der Waals surface area (Å²) in [5.41, 5.74) is 4.75. The van der Waals surface area contributed by atoms with Gasteiger partial charge in [-0.2, -0.15) is 0 Å². The Labute approximate surface area is 153 Å². The summed E-state index contributed by atoms with van der Waals surface area (Å²) in [5.74, 6) is 1.23. The van der Waals surface area contributed by atoms with Gasteiger partial charge in [0.1, 0.15) is 0 Å². The highest BCUT2D eigenvalue weighted by Crippen LogP contribution is 2.41. The number of fused-ring (bicyclic) bond motifs is 1. The molecule has 1 N–H and O–H groups in total. The zero-order valence-electron chi connectivity index (χ0n) is 15.0. The molecule has 1 aromatic rings. The number of amides is 1. The Morgan fingerprint density at radius 3 is 2.31 bits per heavy atom. The second kappa shape index (κ2) is 8.13. The number of aromatic nitrogens is 1. The molecule has 0 saturated heterocycles. The molecule has 0 unspecified atom stereocenters. The average Bonchev–Trinajstić information content (AvgIpc) is 3.27. The lowest BCUT2D eigenvalue weighted by Gasteiger charge is -2.31. The number of pyridine rings is 1. The quantitative estimate of drug-likeness (QED) is 0.717. The van der Waals surface area contributed by atoms with Crippen molar-refractivity contribution in [2.45, 2.75) is 39.2 Å². The van der Waals surface area contributed by atoms with Crippen LogP contribution < -0.4 is 4.90 Å². The molecule has 1 fully saturated rings. The van der Waals surface area contributed by atoms with Crippen LogP contribution in [0.4, 0.5) is 5.69 Å².